The second-order valence-corrected chi connectivity index (χ2v) is 9.31. The number of nitrogens with one attached hydrogen (secondary N) is 2. The maximum Gasteiger partial charge on any atom is 0.237 e. The zero-order chi connectivity index (χ0) is 21.5. The summed E-state index contributed by atoms with van der Waals surface area (Å²) in [6.45, 7) is 1.86. The first kappa shape index (κ1) is 22.4. The van der Waals surface area contributed by atoms with Gasteiger partial charge in [-0.2, -0.15) is 0 Å². The fourth-order valence-electron chi connectivity index (χ4n) is 2.66. The lowest BCUT2D eigenvalue weighted by Crippen LogP contribution is -2.22. The molecule has 0 bridgehead atoms. The van der Waals surface area contributed by atoms with Gasteiger partial charge >= 0.3 is 0 Å². The first-order valence-electron chi connectivity index (χ1n) is 9.27. The van der Waals surface area contributed by atoms with Crippen LogP contribution in [-0.2, 0) is 16.0 Å². The Morgan fingerprint density at radius 3 is 2.30 bits per heavy atom. The van der Waals surface area contributed by atoms with Gasteiger partial charge in [-0.1, -0.05) is 35.9 Å². The van der Waals surface area contributed by atoms with Gasteiger partial charge in [0, 0.05) is 20.1 Å². The number of hydrogen-bond donors (Lipinski definition) is 2. The molecule has 0 aromatic heterocycles. The van der Waals surface area contributed by atoms with Crippen LogP contribution in [0, 0.1) is 0 Å². The minimum Gasteiger partial charge on any atom is -0.326 e. The summed E-state index contributed by atoms with van der Waals surface area (Å²) in [7, 11) is 0. The van der Waals surface area contributed by atoms with E-state index >= 15 is 0 Å². The van der Waals surface area contributed by atoms with Crippen molar-refractivity contribution in [3.05, 3.63) is 87.9 Å². The Bertz CT molecular complexity index is 1030. The minimum absolute atomic E-state index is 0.0766. The molecule has 3 aromatic carbocycles. The molecule has 0 heterocycles. The van der Waals surface area contributed by atoms with E-state index in [-0.39, 0.29) is 23.5 Å². The summed E-state index contributed by atoms with van der Waals surface area (Å²) >= 11 is 10.8. The van der Waals surface area contributed by atoms with E-state index in [4.69, 9.17) is 11.6 Å². The molecule has 0 aliphatic rings. The molecule has 3 aromatic rings. The Morgan fingerprint density at radius 2 is 1.63 bits per heavy atom. The monoisotopic (exact) mass is 502 g/mol. The average molecular weight is 504 g/mol. The van der Waals surface area contributed by atoms with Crippen molar-refractivity contribution in [3.63, 3.8) is 0 Å². The number of rotatable bonds is 7. The number of halogens is 2. The van der Waals surface area contributed by atoms with Crippen molar-refractivity contribution in [2.75, 3.05) is 10.6 Å². The molecule has 0 spiro atoms. The quantitative estimate of drug-likeness (QED) is 0.367. The summed E-state index contributed by atoms with van der Waals surface area (Å²) in [6, 6.07) is 22.2. The fraction of sp³-hybridized carbons (Fsp3) is 0.130. The third kappa shape index (κ3) is 6.62. The van der Waals surface area contributed by atoms with Crippen molar-refractivity contribution in [2.45, 2.75) is 23.5 Å². The number of amides is 2. The third-order valence-electron chi connectivity index (χ3n) is 4.23. The van der Waals surface area contributed by atoms with Gasteiger partial charge in [-0.3, -0.25) is 9.59 Å². The van der Waals surface area contributed by atoms with Crippen LogP contribution in [0.3, 0.4) is 0 Å². The molecule has 0 fully saturated rings. The molecular weight excluding hydrogens is 484 g/mol. The van der Waals surface area contributed by atoms with E-state index in [2.05, 4.69) is 26.6 Å². The molecule has 4 nitrogen and oxygen atoms in total. The summed E-state index contributed by atoms with van der Waals surface area (Å²) in [4.78, 5) is 25.6. The lowest BCUT2D eigenvalue weighted by molar-refractivity contribution is -0.116. The maximum absolute atomic E-state index is 12.5. The number of hydrogen-bond acceptors (Lipinski definition) is 3. The Kier molecular flexibility index (Phi) is 7.96. The van der Waals surface area contributed by atoms with Gasteiger partial charge in [0.25, 0.3) is 0 Å². The zero-order valence-corrected chi connectivity index (χ0v) is 19.4. The van der Waals surface area contributed by atoms with E-state index in [0.29, 0.717) is 10.7 Å². The van der Waals surface area contributed by atoms with Crippen LogP contribution in [0.1, 0.15) is 12.5 Å². The summed E-state index contributed by atoms with van der Waals surface area (Å²) < 4.78 is 0.842. The number of thioether (sulfide) groups is 1. The highest BCUT2D eigenvalue weighted by Gasteiger charge is 2.15. The second kappa shape index (κ2) is 10.7. The molecule has 1 unspecified atom stereocenters. The van der Waals surface area contributed by atoms with Crippen molar-refractivity contribution >= 4 is 62.5 Å². The number of carbonyl (C=O) groups is 2. The summed E-state index contributed by atoms with van der Waals surface area (Å²) in [6.07, 6.45) is 0.278. The van der Waals surface area contributed by atoms with Crippen molar-refractivity contribution in [1.29, 1.82) is 0 Å². The van der Waals surface area contributed by atoms with Gasteiger partial charge in [-0.25, -0.2) is 0 Å². The fourth-order valence-corrected chi connectivity index (χ4v) is 4.04. The summed E-state index contributed by atoms with van der Waals surface area (Å²) in [5.41, 5.74) is 2.35. The molecule has 7 heteroatoms. The lowest BCUT2D eigenvalue weighted by atomic mass is 10.1. The van der Waals surface area contributed by atoms with Gasteiger partial charge in [0.2, 0.25) is 11.8 Å². The van der Waals surface area contributed by atoms with Crippen LogP contribution in [0.25, 0.3) is 0 Å². The zero-order valence-electron chi connectivity index (χ0n) is 16.2. The maximum atomic E-state index is 12.5. The molecule has 2 N–H and O–H groups in total. The van der Waals surface area contributed by atoms with E-state index in [1.54, 1.807) is 12.1 Å². The first-order valence-corrected chi connectivity index (χ1v) is 11.3. The van der Waals surface area contributed by atoms with Gasteiger partial charge in [0.15, 0.2) is 0 Å². The van der Waals surface area contributed by atoms with Crippen molar-refractivity contribution in [3.8, 4) is 0 Å². The molecule has 0 aliphatic heterocycles. The largest absolute Gasteiger partial charge is 0.326 e. The van der Waals surface area contributed by atoms with Gasteiger partial charge in [-0.05, 0) is 76.9 Å². The summed E-state index contributed by atoms with van der Waals surface area (Å²) in [5, 5.41) is 6.17. The Hall–Kier alpha value is -2.28. The lowest BCUT2D eigenvalue weighted by Gasteiger charge is -2.13. The van der Waals surface area contributed by atoms with E-state index in [0.717, 1.165) is 20.6 Å². The van der Waals surface area contributed by atoms with Crippen molar-refractivity contribution < 1.29 is 9.59 Å². The number of carbonyl (C=O) groups excluding carboxylic acids is 2. The summed E-state index contributed by atoms with van der Waals surface area (Å²) in [5.74, 6) is -0.175. The van der Waals surface area contributed by atoms with Crippen LogP contribution in [-0.4, -0.2) is 17.1 Å². The molecule has 0 radical (unpaired) electrons. The van der Waals surface area contributed by atoms with Gasteiger partial charge in [0.05, 0.1) is 17.4 Å². The van der Waals surface area contributed by atoms with Gasteiger partial charge in [-0.15, -0.1) is 11.8 Å². The van der Waals surface area contributed by atoms with E-state index in [1.807, 2.05) is 67.6 Å². The van der Waals surface area contributed by atoms with Crippen LogP contribution in [0.4, 0.5) is 11.4 Å². The van der Waals surface area contributed by atoms with Crippen LogP contribution in [0.15, 0.2) is 82.2 Å². The minimum atomic E-state index is -0.276. The Morgan fingerprint density at radius 1 is 0.967 bits per heavy atom. The van der Waals surface area contributed by atoms with Crippen LogP contribution >= 0.6 is 39.3 Å². The second-order valence-electron chi connectivity index (χ2n) is 6.60. The first-order chi connectivity index (χ1) is 14.4. The number of para-hydroxylation sites is 1. The molecule has 30 heavy (non-hydrogen) atoms. The van der Waals surface area contributed by atoms with Crippen molar-refractivity contribution in [1.82, 2.24) is 0 Å². The average Bonchev–Trinajstić information content (AvgIpc) is 2.73. The molecule has 0 saturated heterocycles. The molecule has 2 amide bonds. The molecule has 3 rings (SSSR count). The predicted octanol–water partition coefficient (Wildman–Crippen LogP) is 6.40. The highest BCUT2D eigenvalue weighted by molar-refractivity contribution is 9.10. The van der Waals surface area contributed by atoms with Crippen molar-refractivity contribution in [2.24, 2.45) is 0 Å². The van der Waals surface area contributed by atoms with E-state index in [1.165, 1.54) is 11.8 Å². The van der Waals surface area contributed by atoms with Gasteiger partial charge in [0.1, 0.15) is 0 Å². The predicted molar refractivity (Wildman–Crippen MR) is 128 cm³/mol. The number of anilines is 2. The Balaban J connectivity index is 1.52. The van der Waals surface area contributed by atoms with Gasteiger partial charge < -0.3 is 10.6 Å². The third-order valence-corrected chi connectivity index (χ3v) is 6.29. The van der Waals surface area contributed by atoms with Crippen LogP contribution in [0.2, 0.25) is 5.02 Å². The van der Waals surface area contributed by atoms with E-state index in [9.17, 15) is 9.59 Å². The van der Waals surface area contributed by atoms with Crippen LogP contribution in [0.5, 0.6) is 0 Å². The van der Waals surface area contributed by atoms with Crippen LogP contribution < -0.4 is 10.6 Å². The number of benzene rings is 3. The normalized spacial score (nSPS) is 11.6. The Labute approximate surface area is 193 Å². The highest BCUT2D eigenvalue weighted by Crippen LogP contribution is 2.27. The SMILES string of the molecule is CC(Sc1ccc(NC(=O)Cc2ccc(Cl)cc2)cc1)C(=O)Nc1ccccc1Br. The highest BCUT2D eigenvalue weighted by atomic mass is 79.9. The molecular formula is C23H20BrClN2O2S. The molecule has 0 aliphatic carbocycles. The smallest absolute Gasteiger partial charge is 0.237 e. The molecule has 0 saturated carbocycles. The topological polar surface area (TPSA) is 58.2 Å². The standard InChI is InChI=1S/C23H20BrClN2O2S/c1-15(23(29)27-21-5-3-2-4-20(21)24)30-19-12-10-18(11-13-19)26-22(28)14-16-6-8-17(25)9-7-16/h2-13,15H,14H2,1H3,(H,26,28)(H,27,29). The molecule has 154 valence electrons. The van der Waals surface area contributed by atoms with E-state index < -0.39 is 0 Å². The molecule has 1 atom stereocenters.